The molecule has 0 saturated carbocycles. The van der Waals surface area contributed by atoms with Crippen molar-refractivity contribution in [3.63, 3.8) is 0 Å². The molecule has 0 spiro atoms. The maximum Gasteiger partial charge on any atom is 0.410 e. The van der Waals surface area contributed by atoms with Gasteiger partial charge in [-0.2, -0.15) is 0 Å². The number of carbonyl (C=O) groups is 2. The van der Waals surface area contributed by atoms with E-state index < -0.39 is 12.1 Å². The number of nitrogens with zero attached hydrogens (tertiary/aromatic N) is 1. The molecular formula is C29H41NO6. The Morgan fingerprint density at radius 2 is 1.58 bits per heavy atom. The minimum Gasteiger partial charge on any atom is -0.492 e. The molecular weight excluding hydrogens is 458 g/mol. The Bertz CT molecular complexity index is 880. The summed E-state index contributed by atoms with van der Waals surface area (Å²) < 4.78 is 16.8. The van der Waals surface area contributed by atoms with Gasteiger partial charge in [0.05, 0.1) is 6.54 Å². The van der Waals surface area contributed by atoms with E-state index in [1.807, 2.05) is 54.6 Å². The van der Waals surface area contributed by atoms with Crippen LogP contribution in [0.25, 0.3) is 0 Å². The van der Waals surface area contributed by atoms with Gasteiger partial charge in [-0.15, -0.1) is 0 Å². The van der Waals surface area contributed by atoms with Crippen LogP contribution in [0.5, 0.6) is 5.75 Å². The van der Waals surface area contributed by atoms with Gasteiger partial charge in [-0.25, -0.2) is 9.59 Å². The standard InChI is InChI=1S/C29H41NO6/c1-4-10-24(11-5-2)21-30(29(33)36-22-25-12-8-7-9-13-25)18-19-35-26-16-14-23(15-17-26)20-27(28(31)32)34-6-3/h7-9,12-17,24,27H,4-6,10-11,18-22H2,1-3H3,(H,31,32). The highest BCUT2D eigenvalue weighted by Gasteiger charge is 2.20. The summed E-state index contributed by atoms with van der Waals surface area (Å²) in [5.74, 6) is 0.121. The summed E-state index contributed by atoms with van der Waals surface area (Å²) in [6.45, 7) is 8.10. The molecule has 1 N–H and O–H groups in total. The first-order valence-corrected chi connectivity index (χ1v) is 13.0. The van der Waals surface area contributed by atoms with E-state index in [-0.39, 0.29) is 12.7 Å². The van der Waals surface area contributed by atoms with Gasteiger partial charge in [0.2, 0.25) is 0 Å². The van der Waals surface area contributed by atoms with Crippen molar-refractivity contribution in [3.8, 4) is 5.75 Å². The summed E-state index contributed by atoms with van der Waals surface area (Å²) in [7, 11) is 0. The normalized spacial score (nSPS) is 11.8. The molecule has 0 aliphatic heterocycles. The monoisotopic (exact) mass is 499 g/mol. The molecule has 7 heteroatoms. The zero-order chi connectivity index (χ0) is 26.2. The third kappa shape index (κ3) is 10.7. The Hall–Kier alpha value is -3.06. The zero-order valence-corrected chi connectivity index (χ0v) is 21.9. The van der Waals surface area contributed by atoms with E-state index in [0.717, 1.165) is 36.8 Å². The summed E-state index contributed by atoms with van der Waals surface area (Å²) in [5.41, 5.74) is 1.81. The number of aliphatic carboxylic acids is 1. The Kier molecular flexibility index (Phi) is 13.4. The van der Waals surface area contributed by atoms with Crippen molar-refractivity contribution in [1.29, 1.82) is 0 Å². The van der Waals surface area contributed by atoms with Crippen molar-refractivity contribution in [2.45, 2.75) is 65.6 Å². The molecule has 0 saturated heterocycles. The number of benzene rings is 2. The number of rotatable bonds is 17. The van der Waals surface area contributed by atoms with Gasteiger partial charge in [-0.05, 0) is 48.9 Å². The molecule has 0 aliphatic rings. The minimum absolute atomic E-state index is 0.240. The van der Waals surface area contributed by atoms with Crippen LogP contribution in [0, 0.1) is 5.92 Å². The van der Waals surface area contributed by atoms with E-state index in [9.17, 15) is 14.7 Å². The van der Waals surface area contributed by atoms with E-state index in [0.29, 0.717) is 44.4 Å². The second kappa shape index (κ2) is 16.6. The highest BCUT2D eigenvalue weighted by atomic mass is 16.6. The summed E-state index contributed by atoms with van der Waals surface area (Å²) in [5, 5.41) is 9.27. The highest BCUT2D eigenvalue weighted by molar-refractivity contribution is 5.72. The molecule has 7 nitrogen and oxygen atoms in total. The fraction of sp³-hybridized carbons (Fsp3) is 0.517. The predicted octanol–water partition coefficient (Wildman–Crippen LogP) is 5.95. The van der Waals surface area contributed by atoms with Gasteiger partial charge in [-0.1, -0.05) is 69.2 Å². The third-order valence-corrected chi connectivity index (χ3v) is 5.95. The Labute approximate surface area is 215 Å². The quantitative estimate of drug-likeness (QED) is 0.289. The van der Waals surface area contributed by atoms with Crippen LogP contribution >= 0.6 is 0 Å². The fourth-order valence-electron chi connectivity index (χ4n) is 4.15. The lowest BCUT2D eigenvalue weighted by atomic mass is 9.98. The van der Waals surface area contributed by atoms with Gasteiger partial charge in [0, 0.05) is 19.6 Å². The first-order chi connectivity index (χ1) is 17.5. The van der Waals surface area contributed by atoms with Gasteiger partial charge in [0.25, 0.3) is 0 Å². The largest absolute Gasteiger partial charge is 0.492 e. The summed E-state index contributed by atoms with van der Waals surface area (Å²) in [4.78, 5) is 26.0. The molecule has 0 heterocycles. The number of carbonyl (C=O) groups excluding carboxylic acids is 1. The summed E-state index contributed by atoms with van der Waals surface area (Å²) >= 11 is 0. The molecule has 0 aromatic heterocycles. The van der Waals surface area contributed by atoms with Gasteiger partial charge >= 0.3 is 12.1 Å². The van der Waals surface area contributed by atoms with Crippen molar-refractivity contribution >= 4 is 12.1 Å². The molecule has 2 aromatic carbocycles. The average molecular weight is 500 g/mol. The topological polar surface area (TPSA) is 85.3 Å². The van der Waals surface area contributed by atoms with Gasteiger partial charge < -0.3 is 24.2 Å². The number of hydrogen-bond acceptors (Lipinski definition) is 5. The number of ether oxygens (including phenoxy) is 3. The van der Waals surface area contributed by atoms with Crippen LogP contribution in [0.4, 0.5) is 4.79 Å². The zero-order valence-electron chi connectivity index (χ0n) is 21.9. The minimum atomic E-state index is -0.971. The fourth-order valence-corrected chi connectivity index (χ4v) is 4.15. The van der Waals surface area contributed by atoms with E-state index in [4.69, 9.17) is 14.2 Å². The number of carboxylic acids is 1. The van der Waals surface area contributed by atoms with Gasteiger partial charge in [0.15, 0.2) is 6.10 Å². The van der Waals surface area contributed by atoms with E-state index in [1.165, 1.54) is 0 Å². The molecule has 1 unspecified atom stereocenters. The van der Waals surface area contributed by atoms with Crippen LogP contribution in [0.15, 0.2) is 54.6 Å². The van der Waals surface area contributed by atoms with Crippen LogP contribution in [-0.4, -0.2) is 54.5 Å². The van der Waals surface area contributed by atoms with Crippen LogP contribution < -0.4 is 4.74 Å². The van der Waals surface area contributed by atoms with Crippen LogP contribution in [-0.2, 0) is 27.3 Å². The van der Waals surface area contributed by atoms with Gasteiger partial charge in [0.1, 0.15) is 19.0 Å². The first-order valence-electron chi connectivity index (χ1n) is 13.0. The highest BCUT2D eigenvalue weighted by Crippen LogP contribution is 2.18. The second-order valence-electron chi connectivity index (χ2n) is 8.91. The molecule has 36 heavy (non-hydrogen) atoms. The van der Waals surface area contributed by atoms with Crippen molar-refractivity contribution < 1.29 is 28.9 Å². The number of hydrogen-bond donors (Lipinski definition) is 1. The molecule has 1 amide bonds. The third-order valence-electron chi connectivity index (χ3n) is 5.95. The Morgan fingerprint density at radius 1 is 0.917 bits per heavy atom. The molecule has 0 fully saturated rings. The van der Waals surface area contributed by atoms with Crippen LogP contribution in [0.3, 0.4) is 0 Å². The van der Waals surface area contributed by atoms with Crippen LogP contribution in [0.2, 0.25) is 0 Å². The van der Waals surface area contributed by atoms with Crippen molar-refractivity contribution in [3.05, 3.63) is 65.7 Å². The lowest BCUT2D eigenvalue weighted by Gasteiger charge is -2.27. The van der Waals surface area contributed by atoms with E-state index in [2.05, 4.69) is 13.8 Å². The second-order valence-corrected chi connectivity index (χ2v) is 8.91. The smallest absolute Gasteiger partial charge is 0.410 e. The van der Waals surface area contributed by atoms with Crippen molar-refractivity contribution in [1.82, 2.24) is 4.90 Å². The SMILES string of the molecule is CCCC(CCC)CN(CCOc1ccc(CC(OCC)C(=O)O)cc1)C(=O)OCc1ccccc1. The van der Waals surface area contributed by atoms with Crippen LogP contribution in [0.1, 0.15) is 57.6 Å². The average Bonchev–Trinajstić information content (AvgIpc) is 2.88. The molecule has 2 rings (SSSR count). The Balaban J connectivity index is 1.95. The number of carboxylic acid groups (broad SMARTS) is 1. The molecule has 1 atom stereocenters. The summed E-state index contributed by atoms with van der Waals surface area (Å²) in [6, 6.07) is 17.0. The van der Waals surface area contributed by atoms with E-state index in [1.54, 1.807) is 11.8 Å². The Morgan fingerprint density at radius 3 is 2.17 bits per heavy atom. The maximum atomic E-state index is 12.9. The summed E-state index contributed by atoms with van der Waals surface area (Å²) in [6.07, 6.45) is 3.39. The lowest BCUT2D eigenvalue weighted by molar-refractivity contribution is -0.149. The first kappa shape index (κ1) is 29.2. The lowest BCUT2D eigenvalue weighted by Crippen LogP contribution is -2.38. The van der Waals surface area contributed by atoms with Gasteiger partial charge in [-0.3, -0.25) is 0 Å². The van der Waals surface area contributed by atoms with Crippen molar-refractivity contribution in [2.24, 2.45) is 5.92 Å². The molecule has 2 aromatic rings. The number of amides is 1. The molecule has 0 bridgehead atoms. The van der Waals surface area contributed by atoms with Crippen molar-refractivity contribution in [2.75, 3.05) is 26.3 Å². The van der Waals surface area contributed by atoms with E-state index >= 15 is 0 Å². The molecule has 0 radical (unpaired) electrons. The molecule has 198 valence electrons. The molecule has 0 aliphatic carbocycles. The maximum absolute atomic E-state index is 12.9. The predicted molar refractivity (Wildman–Crippen MR) is 140 cm³/mol.